The number of nitrogens with zero attached hydrogens (tertiary/aromatic N) is 1. The van der Waals surface area contributed by atoms with Crippen molar-refractivity contribution < 1.29 is 4.79 Å². The molecule has 17 heavy (non-hydrogen) atoms. The Kier molecular flexibility index (Phi) is 3.52. The van der Waals surface area contributed by atoms with E-state index >= 15 is 0 Å². The van der Waals surface area contributed by atoms with Gasteiger partial charge in [-0.2, -0.15) is 5.10 Å². The highest BCUT2D eigenvalue weighted by atomic mass is 16.1. The number of amides is 1. The second-order valence-electron chi connectivity index (χ2n) is 3.71. The van der Waals surface area contributed by atoms with Crippen LogP contribution in [0.15, 0.2) is 42.7 Å². The van der Waals surface area contributed by atoms with E-state index in [4.69, 9.17) is 5.73 Å². The summed E-state index contributed by atoms with van der Waals surface area (Å²) in [4.78, 5) is 11.6. The maximum atomic E-state index is 11.6. The number of carbonyl (C=O) groups is 1. The van der Waals surface area contributed by atoms with Gasteiger partial charge in [-0.1, -0.05) is 30.3 Å². The molecule has 2 rings (SSSR count). The molecule has 0 aliphatic carbocycles. The van der Waals surface area contributed by atoms with E-state index in [1.807, 2.05) is 30.3 Å². The van der Waals surface area contributed by atoms with Crippen molar-refractivity contribution in [1.29, 1.82) is 0 Å². The second-order valence-corrected chi connectivity index (χ2v) is 3.71. The second kappa shape index (κ2) is 5.27. The van der Waals surface area contributed by atoms with Crippen LogP contribution in [0.25, 0.3) is 0 Å². The molecule has 1 aromatic carbocycles. The summed E-state index contributed by atoms with van der Waals surface area (Å²) in [6.07, 6.45) is 3.02. The van der Waals surface area contributed by atoms with Gasteiger partial charge in [0.2, 0.25) is 0 Å². The number of aromatic nitrogens is 2. The van der Waals surface area contributed by atoms with Crippen LogP contribution in [-0.4, -0.2) is 22.6 Å². The zero-order valence-electron chi connectivity index (χ0n) is 9.26. The molecule has 5 heteroatoms. The molecule has 0 spiro atoms. The number of rotatable bonds is 4. The molecule has 1 atom stereocenters. The molecule has 0 saturated carbocycles. The smallest absolute Gasteiger partial charge is 0.254 e. The van der Waals surface area contributed by atoms with Crippen LogP contribution in [-0.2, 0) is 0 Å². The molecule has 0 fully saturated rings. The molecule has 1 aromatic heterocycles. The van der Waals surface area contributed by atoms with Gasteiger partial charge in [0, 0.05) is 18.8 Å². The molecular weight excluding hydrogens is 216 g/mol. The monoisotopic (exact) mass is 230 g/mol. The SMILES string of the molecule is NC(CNC(=O)c1cn[nH]c1)c1ccccc1. The van der Waals surface area contributed by atoms with Gasteiger partial charge in [-0.15, -0.1) is 0 Å². The Morgan fingerprint density at radius 1 is 1.41 bits per heavy atom. The third kappa shape index (κ3) is 2.92. The van der Waals surface area contributed by atoms with Crippen LogP contribution in [0.4, 0.5) is 0 Å². The Balaban J connectivity index is 1.89. The number of nitrogens with two attached hydrogens (primary N) is 1. The lowest BCUT2D eigenvalue weighted by Gasteiger charge is -2.12. The third-order valence-electron chi connectivity index (χ3n) is 2.47. The van der Waals surface area contributed by atoms with Gasteiger partial charge < -0.3 is 11.1 Å². The van der Waals surface area contributed by atoms with Crippen LogP contribution in [0.1, 0.15) is 22.0 Å². The quantitative estimate of drug-likeness (QED) is 0.727. The highest BCUT2D eigenvalue weighted by molar-refractivity contribution is 5.93. The van der Waals surface area contributed by atoms with E-state index in [1.165, 1.54) is 6.20 Å². The first-order valence-electron chi connectivity index (χ1n) is 5.35. The van der Waals surface area contributed by atoms with Gasteiger partial charge in [0.05, 0.1) is 11.8 Å². The molecule has 1 unspecified atom stereocenters. The highest BCUT2D eigenvalue weighted by Gasteiger charge is 2.09. The lowest BCUT2D eigenvalue weighted by atomic mass is 10.1. The van der Waals surface area contributed by atoms with Gasteiger partial charge in [0.15, 0.2) is 0 Å². The average molecular weight is 230 g/mol. The van der Waals surface area contributed by atoms with Gasteiger partial charge in [-0.05, 0) is 5.56 Å². The lowest BCUT2D eigenvalue weighted by molar-refractivity contribution is 0.0951. The van der Waals surface area contributed by atoms with Crippen LogP contribution >= 0.6 is 0 Å². The largest absolute Gasteiger partial charge is 0.350 e. The molecule has 0 radical (unpaired) electrons. The van der Waals surface area contributed by atoms with E-state index < -0.39 is 0 Å². The Labute approximate surface area is 99.0 Å². The van der Waals surface area contributed by atoms with Gasteiger partial charge in [0.1, 0.15) is 0 Å². The molecule has 0 saturated heterocycles. The van der Waals surface area contributed by atoms with Gasteiger partial charge in [-0.3, -0.25) is 9.89 Å². The lowest BCUT2D eigenvalue weighted by Crippen LogP contribution is -2.31. The molecule has 0 aliphatic heterocycles. The molecule has 4 N–H and O–H groups in total. The number of hydrogen-bond donors (Lipinski definition) is 3. The number of nitrogens with one attached hydrogen (secondary N) is 2. The first kappa shape index (κ1) is 11.3. The summed E-state index contributed by atoms with van der Waals surface area (Å²) in [5.41, 5.74) is 7.46. The van der Waals surface area contributed by atoms with Crippen molar-refractivity contribution in [2.45, 2.75) is 6.04 Å². The minimum atomic E-state index is -0.202. The summed E-state index contributed by atoms with van der Waals surface area (Å²) < 4.78 is 0. The van der Waals surface area contributed by atoms with Crippen molar-refractivity contribution in [3.63, 3.8) is 0 Å². The van der Waals surface area contributed by atoms with Crippen molar-refractivity contribution in [3.05, 3.63) is 53.9 Å². The normalized spacial score (nSPS) is 12.1. The third-order valence-corrected chi connectivity index (χ3v) is 2.47. The number of hydrogen-bond acceptors (Lipinski definition) is 3. The summed E-state index contributed by atoms with van der Waals surface area (Å²) in [5.74, 6) is -0.176. The van der Waals surface area contributed by atoms with E-state index in [2.05, 4.69) is 15.5 Å². The molecule has 88 valence electrons. The fourth-order valence-corrected chi connectivity index (χ4v) is 1.50. The first-order chi connectivity index (χ1) is 8.27. The summed E-state index contributed by atoms with van der Waals surface area (Å²) in [5, 5.41) is 9.06. The van der Waals surface area contributed by atoms with E-state index in [-0.39, 0.29) is 11.9 Å². The number of carbonyl (C=O) groups excluding carboxylic acids is 1. The standard InChI is InChI=1S/C12H14N4O/c13-11(9-4-2-1-3-5-9)8-14-12(17)10-6-15-16-7-10/h1-7,11H,8,13H2,(H,14,17)(H,15,16). The Morgan fingerprint density at radius 3 is 2.82 bits per heavy atom. The summed E-state index contributed by atoms with van der Waals surface area (Å²) in [7, 11) is 0. The number of H-pyrrole nitrogens is 1. The minimum absolute atomic E-state index is 0.176. The first-order valence-corrected chi connectivity index (χ1v) is 5.35. The van der Waals surface area contributed by atoms with E-state index in [0.717, 1.165) is 5.56 Å². The number of benzene rings is 1. The van der Waals surface area contributed by atoms with Crippen molar-refractivity contribution in [2.75, 3.05) is 6.54 Å². The van der Waals surface area contributed by atoms with Crippen LogP contribution in [0, 0.1) is 0 Å². The maximum Gasteiger partial charge on any atom is 0.254 e. The Morgan fingerprint density at radius 2 is 2.18 bits per heavy atom. The van der Waals surface area contributed by atoms with Gasteiger partial charge in [-0.25, -0.2) is 0 Å². The zero-order chi connectivity index (χ0) is 12.1. The minimum Gasteiger partial charge on any atom is -0.350 e. The van der Waals surface area contributed by atoms with Crippen LogP contribution in [0.2, 0.25) is 0 Å². The molecule has 1 heterocycles. The van der Waals surface area contributed by atoms with Crippen molar-refractivity contribution in [3.8, 4) is 0 Å². The van der Waals surface area contributed by atoms with Crippen LogP contribution in [0.5, 0.6) is 0 Å². The maximum absolute atomic E-state index is 11.6. The van der Waals surface area contributed by atoms with Crippen molar-refractivity contribution >= 4 is 5.91 Å². The van der Waals surface area contributed by atoms with Gasteiger partial charge in [0.25, 0.3) is 5.91 Å². The fraction of sp³-hybridized carbons (Fsp3) is 0.167. The zero-order valence-corrected chi connectivity index (χ0v) is 9.26. The highest BCUT2D eigenvalue weighted by Crippen LogP contribution is 2.08. The van der Waals surface area contributed by atoms with Gasteiger partial charge >= 0.3 is 0 Å². The molecule has 0 bridgehead atoms. The van der Waals surface area contributed by atoms with E-state index in [0.29, 0.717) is 12.1 Å². The fourth-order valence-electron chi connectivity index (χ4n) is 1.50. The summed E-state index contributed by atoms with van der Waals surface area (Å²) in [6, 6.07) is 9.45. The van der Waals surface area contributed by atoms with Crippen LogP contribution in [0.3, 0.4) is 0 Å². The summed E-state index contributed by atoms with van der Waals surface area (Å²) in [6.45, 7) is 0.397. The number of aromatic amines is 1. The average Bonchev–Trinajstić information content (AvgIpc) is 2.90. The Hall–Kier alpha value is -2.14. The predicted molar refractivity (Wildman–Crippen MR) is 64.3 cm³/mol. The molecular formula is C12H14N4O. The molecule has 2 aromatic rings. The predicted octanol–water partition coefficient (Wildman–Crippen LogP) is 0.839. The van der Waals surface area contributed by atoms with E-state index in [9.17, 15) is 4.79 Å². The van der Waals surface area contributed by atoms with Crippen molar-refractivity contribution in [2.24, 2.45) is 5.73 Å². The molecule has 0 aliphatic rings. The van der Waals surface area contributed by atoms with E-state index in [1.54, 1.807) is 6.20 Å². The topological polar surface area (TPSA) is 83.8 Å². The molecule has 5 nitrogen and oxygen atoms in total. The summed E-state index contributed by atoms with van der Waals surface area (Å²) >= 11 is 0. The van der Waals surface area contributed by atoms with Crippen molar-refractivity contribution in [1.82, 2.24) is 15.5 Å². The Bertz CT molecular complexity index is 467. The molecule has 1 amide bonds. The van der Waals surface area contributed by atoms with Crippen LogP contribution < -0.4 is 11.1 Å².